The zero-order valence-electron chi connectivity index (χ0n) is 20.5. The Hall–Kier alpha value is -3.20. The van der Waals surface area contributed by atoms with Crippen LogP contribution in [0.2, 0.25) is 0 Å². The first kappa shape index (κ1) is 24.9. The van der Waals surface area contributed by atoms with Gasteiger partial charge in [0.05, 0.1) is 19.2 Å². The number of nitrogens with one attached hydrogen (secondary N) is 2. The molecule has 8 nitrogen and oxygen atoms in total. The Bertz CT molecular complexity index is 1140. The number of hydrogen-bond donors (Lipinski definition) is 3. The quantitative estimate of drug-likeness (QED) is 0.367. The Kier molecular flexibility index (Phi) is 8.17. The maximum atomic E-state index is 12.7. The molecule has 2 unspecified atom stereocenters. The maximum absolute atomic E-state index is 12.7. The molecule has 0 aliphatic carbocycles. The summed E-state index contributed by atoms with van der Waals surface area (Å²) in [4.78, 5) is 31.4. The van der Waals surface area contributed by atoms with Gasteiger partial charge in [-0.1, -0.05) is 12.1 Å². The van der Waals surface area contributed by atoms with Crippen molar-refractivity contribution < 1.29 is 14.3 Å². The highest BCUT2D eigenvalue weighted by molar-refractivity contribution is 5.97. The molecule has 0 spiro atoms. The van der Waals surface area contributed by atoms with Crippen molar-refractivity contribution in [1.29, 1.82) is 0 Å². The van der Waals surface area contributed by atoms with E-state index < -0.39 is 6.04 Å². The number of nitrogens with zero attached hydrogens (tertiary/aromatic N) is 2. The van der Waals surface area contributed by atoms with Crippen LogP contribution in [0.4, 0.5) is 11.4 Å². The molecule has 1 saturated heterocycles. The standard InChI is InChI=1S/C27H35N5O3/c1-19-15-21-17-22(5-8-26(21)29-19)30-27(34)25(28)16-20-3-6-23(7-4-20)31(2)10-11-32(12-13-33)24-9-14-35-18-24/h3-8,13,15,17,24-25,29H,9-12,14,16,18,28H2,1-2H3,(H,30,34). The molecule has 0 bridgehead atoms. The number of carbonyl (C=O) groups excluding carboxylic acids is 2. The van der Waals surface area contributed by atoms with Crippen molar-refractivity contribution in [2.45, 2.75) is 31.8 Å². The number of amides is 1. The number of carbonyl (C=O) groups is 2. The van der Waals surface area contributed by atoms with Crippen molar-refractivity contribution >= 4 is 34.5 Å². The second-order valence-electron chi connectivity index (χ2n) is 9.32. The largest absolute Gasteiger partial charge is 0.380 e. The van der Waals surface area contributed by atoms with Crippen LogP contribution in [-0.4, -0.2) is 74.1 Å². The van der Waals surface area contributed by atoms with Crippen molar-refractivity contribution in [3.05, 3.63) is 59.8 Å². The Labute approximate surface area is 206 Å². The highest BCUT2D eigenvalue weighted by Crippen LogP contribution is 2.20. The summed E-state index contributed by atoms with van der Waals surface area (Å²) in [6.07, 6.45) is 2.39. The Morgan fingerprint density at radius 2 is 2.03 bits per heavy atom. The van der Waals surface area contributed by atoms with E-state index in [9.17, 15) is 9.59 Å². The normalized spacial score (nSPS) is 16.5. The SMILES string of the molecule is Cc1cc2cc(NC(=O)C(N)Cc3ccc(N(C)CCN(CC=O)C4CCOC4)cc3)ccc2[nH]1. The molecule has 4 N–H and O–H groups in total. The lowest BCUT2D eigenvalue weighted by molar-refractivity contribution is -0.117. The van der Waals surface area contributed by atoms with Gasteiger partial charge >= 0.3 is 0 Å². The number of aryl methyl sites for hydroxylation is 1. The van der Waals surface area contributed by atoms with Gasteiger partial charge in [0.15, 0.2) is 0 Å². The van der Waals surface area contributed by atoms with E-state index in [1.165, 1.54) is 0 Å². The van der Waals surface area contributed by atoms with Gasteiger partial charge in [-0.25, -0.2) is 0 Å². The second-order valence-corrected chi connectivity index (χ2v) is 9.32. The van der Waals surface area contributed by atoms with E-state index >= 15 is 0 Å². The molecule has 2 aromatic carbocycles. The number of ether oxygens (including phenoxy) is 1. The van der Waals surface area contributed by atoms with Gasteiger partial charge in [-0.2, -0.15) is 0 Å². The van der Waals surface area contributed by atoms with E-state index in [-0.39, 0.29) is 5.91 Å². The van der Waals surface area contributed by atoms with Gasteiger partial charge in [-0.3, -0.25) is 9.69 Å². The Morgan fingerprint density at radius 1 is 1.23 bits per heavy atom. The van der Waals surface area contributed by atoms with Crippen LogP contribution in [0.15, 0.2) is 48.5 Å². The molecule has 1 aromatic heterocycles. The molecule has 1 fully saturated rings. The third-order valence-electron chi connectivity index (χ3n) is 6.65. The van der Waals surface area contributed by atoms with Crippen molar-refractivity contribution in [2.75, 3.05) is 50.1 Å². The molecule has 1 aliphatic rings. The Balaban J connectivity index is 1.28. The molecular weight excluding hydrogens is 442 g/mol. The molecule has 1 amide bonds. The molecule has 4 rings (SSSR count). The van der Waals surface area contributed by atoms with E-state index in [1.807, 2.05) is 62.5 Å². The molecule has 2 atom stereocenters. The topological polar surface area (TPSA) is 104 Å². The minimum Gasteiger partial charge on any atom is -0.380 e. The van der Waals surface area contributed by atoms with E-state index in [2.05, 4.69) is 20.1 Å². The fourth-order valence-corrected chi connectivity index (χ4v) is 4.56. The Morgan fingerprint density at radius 3 is 2.74 bits per heavy atom. The average molecular weight is 478 g/mol. The maximum Gasteiger partial charge on any atom is 0.241 e. The van der Waals surface area contributed by atoms with Gasteiger partial charge in [0.1, 0.15) is 6.29 Å². The van der Waals surface area contributed by atoms with Crippen LogP contribution < -0.4 is 16.0 Å². The van der Waals surface area contributed by atoms with Crippen LogP contribution in [-0.2, 0) is 20.7 Å². The molecule has 3 aromatic rings. The molecule has 186 valence electrons. The van der Waals surface area contributed by atoms with E-state index in [0.717, 1.165) is 65.9 Å². The highest BCUT2D eigenvalue weighted by Gasteiger charge is 2.23. The average Bonchev–Trinajstić information content (AvgIpc) is 3.51. The summed E-state index contributed by atoms with van der Waals surface area (Å²) in [5, 5.41) is 3.98. The van der Waals surface area contributed by atoms with Gasteiger partial charge in [0.2, 0.25) is 5.91 Å². The van der Waals surface area contributed by atoms with Gasteiger partial charge < -0.3 is 30.5 Å². The van der Waals surface area contributed by atoms with Gasteiger partial charge in [-0.05, 0) is 61.7 Å². The lowest BCUT2D eigenvalue weighted by Crippen LogP contribution is -2.41. The summed E-state index contributed by atoms with van der Waals surface area (Å²) in [6.45, 7) is 5.49. The lowest BCUT2D eigenvalue weighted by Gasteiger charge is -2.29. The van der Waals surface area contributed by atoms with Gasteiger partial charge in [0, 0.05) is 60.8 Å². The third kappa shape index (κ3) is 6.48. The number of nitrogens with two attached hydrogens (primary N) is 1. The number of benzene rings is 2. The molecule has 1 aliphatic heterocycles. The number of aldehydes is 1. The molecule has 0 radical (unpaired) electrons. The highest BCUT2D eigenvalue weighted by atomic mass is 16.5. The second kappa shape index (κ2) is 11.5. The third-order valence-corrected chi connectivity index (χ3v) is 6.65. The van der Waals surface area contributed by atoms with Crippen LogP contribution in [0.25, 0.3) is 10.9 Å². The monoisotopic (exact) mass is 477 g/mol. The van der Waals surface area contributed by atoms with Crippen molar-refractivity contribution in [3.8, 4) is 0 Å². The minimum absolute atomic E-state index is 0.205. The minimum atomic E-state index is -0.646. The van der Waals surface area contributed by atoms with E-state index in [0.29, 0.717) is 25.6 Å². The van der Waals surface area contributed by atoms with Gasteiger partial charge in [0.25, 0.3) is 0 Å². The predicted octanol–water partition coefficient (Wildman–Crippen LogP) is 2.71. The number of anilines is 2. The zero-order chi connectivity index (χ0) is 24.8. The molecule has 0 saturated carbocycles. The number of H-pyrrole nitrogens is 1. The summed E-state index contributed by atoms with van der Waals surface area (Å²) >= 11 is 0. The number of hydrogen-bond acceptors (Lipinski definition) is 6. The molecule has 2 heterocycles. The summed E-state index contributed by atoms with van der Waals surface area (Å²) in [5.74, 6) is -0.205. The fraction of sp³-hybridized carbons (Fsp3) is 0.407. The molecule has 35 heavy (non-hydrogen) atoms. The number of fused-ring (bicyclic) bond motifs is 1. The number of rotatable bonds is 11. The fourth-order valence-electron chi connectivity index (χ4n) is 4.56. The summed E-state index contributed by atoms with van der Waals surface area (Å²) < 4.78 is 5.48. The first-order valence-corrected chi connectivity index (χ1v) is 12.1. The van der Waals surface area contributed by atoms with Crippen molar-refractivity contribution in [1.82, 2.24) is 9.88 Å². The zero-order valence-corrected chi connectivity index (χ0v) is 20.5. The number of aromatic nitrogens is 1. The predicted molar refractivity (Wildman–Crippen MR) is 140 cm³/mol. The van der Waals surface area contributed by atoms with Crippen molar-refractivity contribution in [2.24, 2.45) is 5.73 Å². The molecular formula is C27H35N5O3. The van der Waals surface area contributed by atoms with Crippen molar-refractivity contribution in [3.63, 3.8) is 0 Å². The summed E-state index contributed by atoms with van der Waals surface area (Å²) in [7, 11) is 2.04. The van der Waals surface area contributed by atoms with Gasteiger partial charge in [-0.15, -0.1) is 0 Å². The first-order chi connectivity index (χ1) is 16.9. The smallest absolute Gasteiger partial charge is 0.241 e. The first-order valence-electron chi connectivity index (χ1n) is 12.1. The number of aromatic amines is 1. The summed E-state index contributed by atoms with van der Waals surface area (Å²) in [6, 6.07) is 15.6. The van der Waals surface area contributed by atoms with Crippen LogP contribution in [0, 0.1) is 6.92 Å². The lowest BCUT2D eigenvalue weighted by atomic mass is 10.1. The number of likely N-dealkylation sites (N-methyl/N-ethyl adjacent to an activating group) is 1. The van der Waals surface area contributed by atoms with E-state index in [1.54, 1.807) is 0 Å². The van der Waals surface area contributed by atoms with Crippen LogP contribution in [0.5, 0.6) is 0 Å². The van der Waals surface area contributed by atoms with Crippen LogP contribution in [0.1, 0.15) is 17.7 Å². The van der Waals surface area contributed by atoms with E-state index in [4.69, 9.17) is 10.5 Å². The molecule has 8 heteroatoms. The van der Waals surface area contributed by atoms with Crippen LogP contribution in [0.3, 0.4) is 0 Å². The van der Waals surface area contributed by atoms with Crippen LogP contribution >= 0.6 is 0 Å². The summed E-state index contributed by atoms with van der Waals surface area (Å²) in [5.41, 5.74) is 11.2.